The van der Waals surface area contributed by atoms with Crippen LogP contribution >= 0.6 is 0 Å². The first-order valence-corrected chi connectivity index (χ1v) is 12.7. The number of carbonyl (C=O) groups is 1. The van der Waals surface area contributed by atoms with E-state index in [1.165, 1.54) is 29.0 Å². The van der Waals surface area contributed by atoms with E-state index < -0.39 is 69.1 Å². The number of fused-ring (bicyclic) bond motifs is 4. The van der Waals surface area contributed by atoms with Crippen LogP contribution in [0.4, 0.5) is 9.18 Å². The van der Waals surface area contributed by atoms with Gasteiger partial charge in [-0.05, 0) is 44.2 Å². The maximum Gasteiger partial charge on any atom is 0.404 e. The normalized spacial score (nSPS) is 23.4. The molecule has 0 bridgehead atoms. The molecule has 1 aromatic carbocycles. The van der Waals surface area contributed by atoms with Crippen LogP contribution in [0.3, 0.4) is 0 Å². The quantitative estimate of drug-likeness (QED) is 0.304. The highest BCUT2D eigenvalue weighted by molar-refractivity contribution is 6.14. The van der Waals surface area contributed by atoms with Gasteiger partial charge in [-0.2, -0.15) is 9.49 Å². The zero-order valence-electron chi connectivity index (χ0n) is 34.6. The van der Waals surface area contributed by atoms with E-state index in [0.29, 0.717) is 9.95 Å². The van der Waals surface area contributed by atoms with E-state index in [2.05, 4.69) is 20.2 Å². The number of halogens is 1. The minimum atomic E-state index is -3.54. The van der Waals surface area contributed by atoms with Gasteiger partial charge in [-0.3, -0.25) is 18.5 Å². The van der Waals surface area contributed by atoms with Crippen LogP contribution in [0.1, 0.15) is 62.8 Å². The molecule has 7 rings (SSSR count). The number of aromatic amines is 1. The highest BCUT2D eigenvalue weighted by atomic mass is 19.1. The predicted molar refractivity (Wildman–Crippen MR) is 155 cm³/mol. The zero-order chi connectivity index (χ0) is 40.4. The molecule has 13 heteroatoms. The summed E-state index contributed by atoms with van der Waals surface area (Å²) in [4.78, 5) is 33.1. The van der Waals surface area contributed by atoms with E-state index in [-0.39, 0.29) is 68.3 Å². The molecule has 216 valence electrons. The molecule has 6 aromatic rings. The molecule has 3 N–H and O–H groups in total. The van der Waals surface area contributed by atoms with E-state index >= 15 is 4.39 Å². The van der Waals surface area contributed by atoms with Gasteiger partial charge < -0.3 is 15.5 Å². The van der Waals surface area contributed by atoms with Crippen molar-refractivity contribution < 1.29 is 31.7 Å². The monoisotopic (exact) mass is 584 g/mol. The molecule has 1 amide bonds. The Bertz CT molecular complexity index is 2560. The van der Waals surface area contributed by atoms with Gasteiger partial charge in [-0.15, -0.1) is 5.10 Å². The number of nitrogens with one attached hydrogen (secondary N) is 1. The number of aryl methyl sites for hydroxylation is 2. The minimum Gasteiger partial charge on any atom is -0.446 e. The highest BCUT2D eigenvalue weighted by Gasteiger charge is 2.33. The molecule has 5 aromatic heterocycles. The fourth-order valence-electron chi connectivity index (χ4n) is 5.92. The van der Waals surface area contributed by atoms with Crippen molar-refractivity contribution in [3.63, 3.8) is 0 Å². The molecule has 1 saturated carbocycles. The second-order valence-corrected chi connectivity index (χ2v) is 10.1. The summed E-state index contributed by atoms with van der Waals surface area (Å²) in [7, 11) is 0. The van der Waals surface area contributed by atoms with Gasteiger partial charge in [-0.25, -0.2) is 14.6 Å². The van der Waals surface area contributed by atoms with E-state index in [1.54, 1.807) is 0 Å². The maximum absolute atomic E-state index is 16.1. The molecule has 12 nitrogen and oxygen atoms in total. The molecule has 0 saturated heterocycles. The number of aromatic nitrogens is 8. The summed E-state index contributed by atoms with van der Waals surface area (Å²) in [6.07, 6.45) is 1.96. The van der Waals surface area contributed by atoms with Gasteiger partial charge >= 0.3 is 11.8 Å². The Hall–Kier alpha value is -4.94. The number of ether oxygens (including phenoxy) is 1. The summed E-state index contributed by atoms with van der Waals surface area (Å²) in [5, 5.41) is 7.88. The number of benzene rings is 1. The maximum atomic E-state index is 16.1. The molecular formula is C29H30FN9O3. The zero-order valence-corrected chi connectivity index (χ0v) is 21.6. The molecule has 1 aliphatic rings. The van der Waals surface area contributed by atoms with Crippen LogP contribution in [0, 0.1) is 5.95 Å². The van der Waals surface area contributed by atoms with Gasteiger partial charge in [0, 0.05) is 66.0 Å². The van der Waals surface area contributed by atoms with Crippen molar-refractivity contribution in [3.8, 4) is 22.4 Å². The first-order valence-electron chi connectivity index (χ1n) is 19.2. The number of carbonyl (C=O) groups excluding carboxylic acids is 1. The first kappa shape index (κ1) is 15.3. The molecule has 2 atom stereocenters. The highest BCUT2D eigenvalue weighted by Crippen LogP contribution is 2.44. The van der Waals surface area contributed by atoms with E-state index in [0.717, 1.165) is 17.1 Å². The lowest BCUT2D eigenvalue weighted by Gasteiger charge is -2.14. The first-order chi connectivity index (χ1) is 25.3. The summed E-state index contributed by atoms with van der Waals surface area (Å²) in [6, 6.07) is 0.160. The second-order valence-electron chi connectivity index (χ2n) is 10.1. The fourth-order valence-corrected chi connectivity index (χ4v) is 5.92. The number of rotatable bonds is 5. The standard InChI is InChI=1S/C29H30FN9O3/c1-14(2)38-13-19(26(30)35-38)24-22(15-5-8-20-16(9-15)11-33-37(20)4)23-25-21(12-32-27(23)34-24)36(3)29(41)39(25)17-6-7-18(10-17)42-28(31)40/h5,8-9,11-14,17-18H,6-7,10H2,1-4H3,(H2,31,40)(H,32,34)/t17-,18-/m1/s1/i1D3,2D3,3D3,4D3,14D. The minimum absolute atomic E-state index is 0.0132. The van der Waals surface area contributed by atoms with Gasteiger partial charge in [0.05, 0.1) is 47.0 Å². The number of amides is 1. The Morgan fingerprint density at radius 2 is 2.14 bits per heavy atom. The molecular weight excluding hydrogens is 541 g/mol. The molecule has 5 heterocycles. The Kier molecular flexibility index (Phi) is 3.39. The average Bonchev–Trinajstić information content (AvgIpc) is 3.86. The van der Waals surface area contributed by atoms with Crippen molar-refractivity contribution in [1.29, 1.82) is 0 Å². The average molecular weight is 585 g/mol. The van der Waals surface area contributed by atoms with E-state index in [1.807, 2.05) is 0 Å². The smallest absolute Gasteiger partial charge is 0.404 e. The van der Waals surface area contributed by atoms with Crippen molar-refractivity contribution in [1.82, 2.24) is 38.7 Å². The Labute approximate surface area is 256 Å². The number of imidazole rings is 1. The lowest BCUT2D eigenvalue weighted by molar-refractivity contribution is 0.108. The summed E-state index contributed by atoms with van der Waals surface area (Å²) in [5.74, 6) is -1.40. The topological polar surface area (TPSA) is 144 Å². The van der Waals surface area contributed by atoms with Crippen molar-refractivity contribution in [2.45, 2.75) is 51.1 Å². The second kappa shape index (κ2) is 9.29. The molecule has 0 aliphatic heterocycles. The number of pyridine rings is 1. The molecule has 1 fully saturated rings. The molecule has 42 heavy (non-hydrogen) atoms. The number of nitrogens with zero attached hydrogens (tertiary/aromatic N) is 7. The summed E-state index contributed by atoms with van der Waals surface area (Å²) in [5.41, 5.74) is 3.80. The fraction of sp³-hybridized carbons (Fsp3) is 0.345. The van der Waals surface area contributed by atoms with E-state index in [9.17, 15) is 9.59 Å². The summed E-state index contributed by atoms with van der Waals surface area (Å²) < 4.78 is 128. The van der Waals surface area contributed by atoms with Gasteiger partial charge in [0.25, 0.3) is 0 Å². The Morgan fingerprint density at radius 3 is 2.93 bits per heavy atom. The van der Waals surface area contributed by atoms with Crippen LogP contribution in [0.5, 0.6) is 0 Å². The third-order valence-electron chi connectivity index (χ3n) is 7.68. The number of hydrogen-bond acceptors (Lipinski definition) is 6. The van der Waals surface area contributed by atoms with Crippen LogP contribution in [-0.2, 0) is 18.7 Å². The van der Waals surface area contributed by atoms with Crippen LogP contribution in [0.2, 0.25) is 0 Å². The number of H-pyrrole nitrogens is 1. The van der Waals surface area contributed by atoms with Gasteiger partial charge in [0.1, 0.15) is 11.8 Å². The van der Waals surface area contributed by atoms with Crippen LogP contribution < -0.4 is 11.4 Å². The molecule has 0 spiro atoms. The largest absolute Gasteiger partial charge is 0.446 e. The van der Waals surface area contributed by atoms with Crippen LogP contribution in [0.15, 0.2) is 41.6 Å². The number of nitrogens with two attached hydrogens (primary N) is 1. The van der Waals surface area contributed by atoms with Crippen molar-refractivity contribution in [2.24, 2.45) is 19.7 Å². The van der Waals surface area contributed by atoms with Crippen LogP contribution in [-0.4, -0.2) is 50.9 Å². The van der Waals surface area contributed by atoms with Crippen LogP contribution in [0.25, 0.3) is 55.4 Å². The summed E-state index contributed by atoms with van der Waals surface area (Å²) in [6.45, 7) is -12.8. The molecule has 0 unspecified atom stereocenters. The third-order valence-corrected chi connectivity index (χ3v) is 7.68. The number of primary amides is 1. The van der Waals surface area contributed by atoms with Crippen molar-refractivity contribution in [2.75, 3.05) is 0 Å². The lowest BCUT2D eigenvalue weighted by Crippen LogP contribution is -2.26. The number of hydrogen-bond donors (Lipinski definition) is 2. The Balaban J connectivity index is 1.59. The molecule has 0 radical (unpaired) electrons. The SMILES string of the molecule is [2H]C([2H])([2H])n1ncc2cc(-c3c(-c4cn(C([2H])(C([2H])([2H])[2H])C([2H])([2H])[2H])nc4F)[nH]c4ncc5c(c34)n([C@@H]3CC[C@@H](OC(N)=O)C3)c(=O)n5C([2H])([2H])[2H])ccc21. The lowest BCUT2D eigenvalue weighted by atomic mass is 9.98. The Morgan fingerprint density at radius 1 is 1.26 bits per heavy atom. The van der Waals surface area contributed by atoms with E-state index in [4.69, 9.17) is 28.3 Å². The van der Waals surface area contributed by atoms with Gasteiger partial charge in [-0.1, -0.05) is 6.07 Å². The van der Waals surface area contributed by atoms with Gasteiger partial charge in [0.2, 0.25) is 5.95 Å². The van der Waals surface area contributed by atoms with Gasteiger partial charge in [0.15, 0.2) is 0 Å². The predicted octanol–water partition coefficient (Wildman–Crippen LogP) is 4.54. The summed E-state index contributed by atoms with van der Waals surface area (Å²) >= 11 is 0. The van der Waals surface area contributed by atoms with Crippen molar-refractivity contribution in [3.05, 3.63) is 53.2 Å². The van der Waals surface area contributed by atoms with Crippen molar-refractivity contribution >= 4 is 39.1 Å². The third kappa shape index (κ3) is 3.83. The molecule has 1 aliphatic carbocycles.